The highest BCUT2D eigenvalue weighted by atomic mass is 16.4. The molecule has 0 radical (unpaired) electrons. The number of anilines is 1. The summed E-state index contributed by atoms with van der Waals surface area (Å²) in [5, 5.41) is 18.1. The van der Waals surface area contributed by atoms with E-state index in [9.17, 15) is 10.1 Å². The maximum absolute atomic E-state index is 10.7. The third-order valence-corrected chi connectivity index (χ3v) is 2.92. The van der Waals surface area contributed by atoms with E-state index in [4.69, 9.17) is 5.11 Å². The lowest BCUT2D eigenvalue weighted by Gasteiger charge is -2.29. The maximum atomic E-state index is 10.7. The van der Waals surface area contributed by atoms with Gasteiger partial charge in [0.1, 0.15) is 6.07 Å². The number of rotatable bonds is 5. The van der Waals surface area contributed by atoms with Crippen LogP contribution in [-0.4, -0.2) is 28.6 Å². The first kappa shape index (κ1) is 15.0. The van der Waals surface area contributed by atoms with E-state index in [0.29, 0.717) is 17.8 Å². The number of carboxylic acids is 1. The van der Waals surface area contributed by atoms with E-state index < -0.39 is 5.97 Å². The van der Waals surface area contributed by atoms with Crippen molar-refractivity contribution < 1.29 is 9.90 Å². The molecule has 5 heteroatoms. The third-order valence-electron chi connectivity index (χ3n) is 2.92. The van der Waals surface area contributed by atoms with Crippen molar-refractivity contribution in [3.05, 3.63) is 23.0 Å². The number of carbonyl (C=O) groups is 1. The van der Waals surface area contributed by atoms with Crippen molar-refractivity contribution in [2.75, 3.05) is 11.4 Å². The van der Waals surface area contributed by atoms with Gasteiger partial charge in [0.15, 0.2) is 0 Å². The first-order chi connectivity index (χ1) is 8.86. The molecule has 0 saturated carbocycles. The van der Waals surface area contributed by atoms with Crippen LogP contribution in [0, 0.1) is 25.2 Å². The molecule has 0 bridgehead atoms. The average Bonchev–Trinajstić information content (AvgIpc) is 2.27. The zero-order chi connectivity index (χ0) is 14.6. The van der Waals surface area contributed by atoms with Crippen molar-refractivity contribution in [2.24, 2.45) is 0 Å². The number of carboxylic acid groups (broad SMARTS) is 1. The Hall–Kier alpha value is -2.09. The summed E-state index contributed by atoms with van der Waals surface area (Å²) in [6.45, 7) is 8.00. The molecule has 1 rings (SSSR count). The van der Waals surface area contributed by atoms with Gasteiger partial charge in [-0.15, -0.1) is 0 Å². The normalized spacial score (nSPS) is 10.3. The highest BCUT2D eigenvalue weighted by Crippen LogP contribution is 2.25. The minimum Gasteiger partial charge on any atom is -0.481 e. The molecule has 5 nitrogen and oxygen atoms in total. The van der Waals surface area contributed by atoms with Crippen LogP contribution in [0.2, 0.25) is 0 Å². The van der Waals surface area contributed by atoms with Gasteiger partial charge in [0.05, 0.1) is 23.4 Å². The molecule has 0 aromatic carbocycles. The first-order valence-corrected chi connectivity index (χ1v) is 6.23. The van der Waals surface area contributed by atoms with Gasteiger partial charge in [0, 0.05) is 18.3 Å². The molecule has 1 aromatic rings. The molecule has 1 heterocycles. The minimum atomic E-state index is -0.841. The molecule has 0 aliphatic rings. The number of nitrogens with zero attached hydrogens (tertiary/aromatic N) is 3. The van der Waals surface area contributed by atoms with Gasteiger partial charge >= 0.3 is 5.97 Å². The van der Waals surface area contributed by atoms with Crippen LogP contribution in [0.3, 0.4) is 0 Å². The Kier molecular flexibility index (Phi) is 4.87. The van der Waals surface area contributed by atoms with E-state index in [-0.39, 0.29) is 12.5 Å². The molecular weight excluding hydrogens is 242 g/mol. The highest BCUT2D eigenvalue weighted by molar-refractivity contribution is 5.69. The van der Waals surface area contributed by atoms with Crippen LogP contribution in [0.5, 0.6) is 0 Å². The van der Waals surface area contributed by atoms with Gasteiger partial charge in [0.25, 0.3) is 0 Å². The van der Waals surface area contributed by atoms with Gasteiger partial charge in [0.2, 0.25) is 0 Å². The van der Waals surface area contributed by atoms with Gasteiger partial charge in [-0.25, -0.2) is 0 Å². The lowest BCUT2D eigenvalue weighted by atomic mass is 10.1. The monoisotopic (exact) mass is 261 g/mol. The Labute approximate surface area is 113 Å². The van der Waals surface area contributed by atoms with Gasteiger partial charge in [-0.05, 0) is 33.8 Å². The maximum Gasteiger partial charge on any atom is 0.305 e. The second kappa shape index (κ2) is 6.19. The molecule has 19 heavy (non-hydrogen) atoms. The number of aromatic nitrogens is 1. The fourth-order valence-corrected chi connectivity index (χ4v) is 2.05. The van der Waals surface area contributed by atoms with Crippen molar-refractivity contribution in [1.29, 1.82) is 5.26 Å². The van der Waals surface area contributed by atoms with Gasteiger partial charge in [-0.3, -0.25) is 9.78 Å². The van der Waals surface area contributed by atoms with Crippen molar-refractivity contribution in [1.82, 2.24) is 4.98 Å². The number of hydrogen-bond acceptors (Lipinski definition) is 4. The summed E-state index contributed by atoms with van der Waals surface area (Å²) in [4.78, 5) is 17.0. The predicted molar refractivity (Wildman–Crippen MR) is 73.2 cm³/mol. The van der Waals surface area contributed by atoms with Gasteiger partial charge in [-0.1, -0.05) is 0 Å². The Bertz CT molecular complexity index is 518. The van der Waals surface area contributed by atoms with E-state index in [1.165, 1.54) is 0 Å². The average molecular weight is 261 g/mol. The highest BCUT2D eigenvalue weighted by Gasteiger charge is 2.18. The zero-order valence-corrected chi connectivity index (χ0v) is 11.8. The Balaban J connectivity index is 3.22. The van der Waals surface area contributed by atoms with Crippen LogP contribution in [0.1, 0.15) is 37.2 Å². The smallest absolute Gasteiger partial charge is 0.305 e. The van der Waals surface area contributed by atoms with Gasteiger partial charge < -0.3 is 10.0 Å². The minimum absolute atomic E-state index is 0.0451. The Morgan fingerprint density at radius 3 is 2.63 bits per heavy atom. The summed E-state index contributed by atoms with van der Waals surface area (Å²) < 4.78 is 0. The quantitative estimate of drug-likeness (QED) is 0.879. The van der Waals surface area contributed by atoms with Crippen molar-refractivity contribution >= 4 is 11.7 Å². The summed E-state index contributed by atoms with van der Waals surface area (Å²) in [7, 11) is 0. The van der Waals surface area contributed by atoms with Crippen molar-refractivity contribution in [2.45, 2.75) is 40.2 Å². The molecule has 1 aromatic heterocycles. The molecule has 0 fully saturated rings. The molecular formula is C14H19N3O2. The number of hydrogen-bond donors (Lipinski definition) is 1. The molecule has 0 saturated heterocycles. The second-order valence-electron chi connectivity index (χ2n) is 4.79. The van der Waals surface area contributed by atoms with E-state index in [1.54, 1.807) is 6.92 Å². The molecule has 1 N–H and O–H groups in total. The van der Waals surface area contributed by atoms with Crippen LogP contribution in [0.15, 0.2) is 6.07 Å². The summed E-state index contributed by atoms with van der Waals surface area (Å²) in [6, 6.07) is 4.12. The molecule has 102 valence electrons. The summed E-state index contributed by atoms with van der Waals surface area (Å²) in [5.41, 5.74) is 2.79. The summed E-state index contributed by atoms with van der Waals surface area (Å²) in [6.07, 6.45) is 0.0451. The predicted octanol–water partition coefficient (Wildman–Crippen LogP) is 2.26. The van der Waals surface area contributed by atoms with Crippen LogP contribution in [0.4, 0.5) is 5.69 Å². The lowest BCUT2D eigenvalue weighted by molar-refractivity contribution is -0.136. The molecule has 0 aliphatic heterocycles. The number of nitriles is 1. The Morgan fingerprint density at radius 1 is 1.53 bits per heavy atom. The molecule has 0 atom stereocenters. The van der Waals surface area contributed by atoms with Crippen LogP contribution >= 0.6 is 0 Å². The fourth-order valence-electron chi connectivity index (χ4n) is 2.05. The van der Waals surface area contributed by atoms with E-state index in [0.717, 1.165) is 11.4 Å². The summed E-state index contributed by atoms with van der Waals surface area (Å²) >= 11 is 0. The molecule has 0 spiro atoms. The van der Waals surface area contributed by atoms with Crippen LogP contribution in [-0.2, 0) is 4.79 Å². The second-order valence-corrected chi connectivity index (χ2v) is 4.79. The number of pyridine rings is 1. The van der Waals surface area contributed by atoms with Crippen LogP contribution < -0.4 is 4.90 Å². The van der Waals surface area contributed by atoms with Crippen LogP contribution in [0.25, 0.3) is 0 Å². The van der Waals surface area contributed by atoms with E-state index in [1.807, 2.05) is 31.7 Å². The third kappa shape index (κ3) is 3.68. The van der Waals surface area contributed by atoms with Crippen molar-refractivity contribution in [3.8, 4) is 6.07 Å². The topological polar surface area (TPSA) is 77.2 Å². The SMILES string of the molecule is Cc1cc(N(CCC(=O)O)C(C)C)c(C#N)c(C)n1. The fraction of sp³-hybridized carbons (Fsp3) is 0.500. The largest absolute Gasteiger partial charge is 0.481 e. The number of aliphatic carboxylic acids is 1. The zero-order valence-electron chi connectivity index (χ0n) is 11.8. The summed E-state index contributed by atoms with van der Waals surface area (Å²) in [5.74, 6) is -0.841. The van der Waals surface area contributed by atoms with E-state index >= 15 is 0 Å². The molecule has 0 unspecified atom stereocenters. The van der Waals surface area contributed by atoms with Crippen molar-refractivity contribution in [3.63, 3.8) is 0 Å². The number of aryl methyl sites for hydroxylation is 2. The Morgan fingerprint density at radius 2 is 2.16 bits per heavy atom. The molecule has 0 amide bonds. The lowest BCUT2D eigenvalue weighted by Crippen LogP contribution is -2.33. The standard InChI is InChI=1S/C14H19N3O2/c1-9(2)17(6-5-14(18)19)13-7-10(3)16-11(4)12(13)8-15/h7,9H,5-6H2,1-4H3,(H,18,19). The molecule has 0 aliphatic carbocycles. The van der Waals surface area contributed by atoms with E-state index in [2.05, 4.69) is 11.1 Å². The van der Waals surface area contributed by atoms with Gasteiger partial charge in [-0.2, -0.15) is 5.26 Å². The first-order valence-electron chi connectivity index (χ1n) is 6.23.